The Kier molecular flexibility index (Phi) is 12.2. The van der Waals surface area contributed by atoms with Crippen molar-refractivity contribution in [2.75, 3.05) is 5.32 Å². The second-order valence-corrected chi connectivity index (χ2v) is 10.6. The number of anilines is 2. The SMILES string of the molecule is O=S(=O)(O)c1ccc(N=Nc2c([O-])ccc(N=Nc3ccc(Nc4ccccc4)c(S(=O)(=O)O)c3)c2[O-])cc1.[Na+].[Na+]. The molecule has 0 heterocycles. The van der Waals surface area contributed by atoms with Crippen molar-refractivity contribution in [3.8, 4) is 11.5 Å². The second kappa shape index (κ2) is 14.5. The maximum atomic E-state index is 12.7. The molecule has 0 saturated carbocycles. The van der Waals surface area contributed by atoms with Crippen LogP contribution in [0.25, 0.3) is 0 Å². The molecule has 3 N–H and O–H groups in total. The summed E-state index contributed by atoms with van der Waals surface area (Å²) in [5, 5.41) is 42.8. The average Bonchev–Trinajstić information content (AvgIpc) is 2.88. The standard InChI is InChI=1S/C24H19N5O8S2.2Na/c30-21-13-12-20(24(31)23(21)29-26-16-6-9-18(10-7-16)38(32,33)34)28-27-17-8-11-19(22(14-17)39(35,36)37)25-15-4-2-1-3-5-15;;/h1-14,25,30-31H,(H,32,33,34)(H,35,36,37);;/q;2*+1/p-2. The molecule has 0 aliphatic carbocycles. The predicted octanol–water partition coefficient (Wildman–Crippen LogP) is -1.09. The summed E-state index contributed by atoms with van der Waals surface area (Å²) in [7, 11) is -9.07. The molecule has 0 aliphatic heterocycles. The van der Waals surface area contributed by atoms with Gasteiger partial charge in [0.25, 0.3) is 20.2 Å². The van der Waals surface area contributed by atoms with Crippen LogP contribution in [0.5, 0.6) is 11.5 Å². The molecule has 0 unspecified atom stereocenters. The predicted molar refractivity (Wildman–Crippen MR) is 136 cm³/mol. The molecular weight excluding hydrogens is 596 g/mol. The molecular formula is C24H17N5Na2O8S2. The Morgan fingerprint density at radius 1 is 0.659 bits per heavy atom. The minimum absolute atomic E-state index is 0. The summed E-state index contributed by atoms with van der Waals surface area (Å²) in [5.41, 5.74) is -0.169. The van der Waals surface area contributed by atoms with Crippen LogP contribution in [0, 0.1) is 0 Å². The fourth-order valence-electron chi connectivity index (χ4n) is 3.19. The van der Waals surface area contributed by atoms with Crippen molar-refractivity contribution in [1.29, 1.82) is 0 Å². The van der Waals surface area contributed by atoms with E-state index in [9.17, 15) is 31.6 Å². The van der Waals surface area contributed by atoms with Gasteiger partial charge >= 0.3 is 59.1 Å². The number of para-hydroxylation sites is 1. The van der Waals surface area contributed by atoms with Crippen molar-refractivity contribution in [3.05, 3.63) is 84.9 Å². The maximum absolute atomic E-state index is 12.7. The number of benzene rings is 4. The van der Waals surface area contributed by atoms with Crippen molar-refractivity contribution >= 4 is 54.4 Å². The van der Waals surface area contributed by atoms with Gasteiger partial charge in [-0.05, 0) is 60.7 Å². The Morgan fingerprint density at radius 2 is 1.27 bits per heavy atom. The molecule has 0 saturated heterocycles. The molecule has 4 aromatic rings. The molecule has 0 aliphatic rings. The Labute approximate surface area is 279 Å². The van der Waals surface area contributed by atoms with Gasteiger partial charge in [0.05, 0.1) is 33.3 Å². The molecule has 0 fully saturated rings. The summed E-state index contributed by atoms with van der Waals surface area (Å²) in [6.45, 7) is 0. The van der Waals surface area contributed by atoms with E-state index in [0.29, 0.717) is 5.69 Å². The van der Waals surface area contributed by atoms with Gasteiger partial charge in [-0.25, -0.2) is 0 Å². The van der Waals surface area contributed by atoms with Gasteiger partial charge in [-0.1, -0.05) is 35.8 Å². The van der Waals surface area contributed by atoms with Crippen LogP contribution >= 0.6 is 0 Å². The number of nitrogens with one attached hydrogen (secondary N) is 1. The monoisotopic (exact) mass is 613 g/mol. The summed E-state index contributed by atoms with van der Waals surface area (Å²) in [4.78, 5) is -0.853. The summed E-state index contributed by atoms with van der Waals surface area (Å²) < 4.78 is 64.9. The minimum Gasteiger partial charge on any atom is -0.871 e. The molecule has 13 nitrogen and oxygen atoms in total. The summed E-state index contributed by atoms with van der Waals surface area (Å²) in [6, 6.07) is 19.1. The van der Waals surface area contributed by atoms with E-state index in [-0.39, 0.29) is 86.8 Å². The van der Waals surface area contributed by atoms with Gasteiger partial charge in [0.15, 0.2) is 0 Å². The smallest absolute Gasteiger partial charge is 0.871 e. The van der Waals surface area contributed by atoms with Crippen LogP contribution in [0.3, 0.4) is 0 Å². The van der Waals surface area contributed by atoms with Crippen molar-refractivity contribution < 1.29 is 95.3 Å². The zero-order valence-corrected chi connectivity index (χ0v) is 27.2. The Morgan fingerprint density at radius 3 is 1.88 bits per heavy atom. The van der Waals surface area contributed by atoms with E-state index in [1.165, 1.54) is 24.3 Å². The van der Waals surface area contributed by atoms with E-state index < -0.39 is 42.3 Å². The minimum atomic E-state index is -4.67. The van der Waals surface area contributed by atoms with Gasteiger partial charge in [0, 0.05) is 5.69 Å². The van der Waals surface area contributed by atoms with Crippen molar-refractivity contribution in [2.24, 2.45) is 20.5 Å². The quantitative estimate of drug-likeness (QED) is 0.125. The van der Waals surface area contributed by atoms with Crippen LogP contribution in [-0.4, -0.2) is 25.9 Å². The van der Waals surface area contributed by atoms with Crippen LogP contribution in [0.4, 0.5) is 34.1 Å². The first-order valence-electron chi connectivity index (χ1n) is 10.8. The van der Waals surface area contributed by atoms with Gasteiger partial charge < -0.3 is 15.5 Å². The Bertz CT molecular complexity index is 1800. The fourth-order valence-corrected chi connectivity index (χ4v) is 4.33. The number of nitrogens with zero attached hydrogens (tertiary/aromatic N) is 4. The third-order valence-electron chi connectivity index (χ3n) is 5.04. The summed E-state index contributed by atoms with van der Waals surface area (Å²) in [6.07, 6.45) is 0. The number of hydrogen-bond acceptors (Lipinski definition) is 11. The van der Waals surface area contributed by atoms with Crippen LogP contribution in [0.2, 0.25) is 0 Å². The third kappa shape index (κ3) is 9.14. The topological polar surface area (TPSA) is 216 Å². The van der Waals surface area contributed by atoms with Crippen molar-refractivity contribution in [1.82, 2.24) is 0 Å². The van der Waals surface area contributed by atoms with E-state index in [2.05, 4.69) is 25.8 Å². The van der Waals surface area contributed by atoms with Gasteiger partial charge in [-0.3, -0.25) is 9.11 Å². The molecule has 200 valence electrons. The molecule has 0 bridgehead atoms. The van der Waals surface area contributed by atoms with E-state index in [4.69, 9.17) is 4.55 Å². The van der Waals surface area contributed by atoms with E-state index in [1.54, 1.807) is 30.3 Å². The van der Waals surface area contributed by atoms with E-state index in [1.807, 2.05) is 0 Å². The van der Waals surface area contributed by atoms with Crippen LogP contribution in [-0.2, 0) is 20.2 Å². The first-order chi connectivity index (χ1) is 18.4. The third-order valence-corrected chi connectivity index (χ3v) is 6.80. The number of azo groups is 2. The zero-order chi connectivity index (χ0) is 28.2. The molecule has 0 atom stereocenters. The maximum Gasteiger partial charge on any atom is 1.00 e. The Balaban J connectivity index is 0.00000294. The van der Waals surface area contributed by atoms with Crippen LogP contribution < -0.4 is 74.6 Å². The zero-order valence-electron chi connectivity index (χ0n) is 21.5. The van der Waals surface area contributed by atoms with Gasteiger partial charge in [0.2, 0.25) is 0 Å². The molecule has 4 rings (SSSR count). The first-order valence-corrected chi connectivity index (χ1v) is 13.7. The average molecular weight is 614 g/mol. The second-order valence-electron chi connectivity index (χ2n) is 7.78. The molecule has 0 aromatic heterocycles. The number of hydrogen-bond donors (Lipinski definition) is 3. The van der Waals surface area contributed by atoms with Crippen LogP contribution in [0.15, 0.2) is 115 Å². The fraction of sp³-hybridized carbons (Fsp3) is 0. The molecule has 4 aromatic carbocycles. The first kappa shape index (κ1) is 34.5. The van der Waals surface area contributed by atoms with Gasteiger partial charge in [0.1, 0.15) is 4.90 Å². The molecule has 0 amide bonds. The van der Waals surface area contributed by atoms with E-state index >= 15 is 0 Å². The van der Waals surface area contributed by atoms with Gasteiger partial charge in [-0.2, -0.15) is 37.3 Å². The number of rotatable bonds is 8. The van der Waals surface area contributed by atoms with Gasteiger partial charge in [-0.15, -0.1) is 0 Å². The largest absolute Gasteiger partial charge is 1.00 e. The molecule has 41 heavy (non-hydrogen) atoms. The summed E-state index contributed by atoms with van der Waals surface area (Å²) >= 11 is 0. The molecule has 0 spiro atoms. The Hall–Kier alpha value is -2.70. The molecule has 17 heteroatoms. The van der Waals surface area contributed by atoms with Crippen molar-refractivity contribution in [3.63, 3.8) is 0 Å². The summed E-state index contributed by atoms with van der Waals surface area (Å²) in [5.74, 6) is -1.68. The van der Waals surface area contributed by atoms with Crippen LogP contribution in [0.1, 0.15) is 0 Å². The molecule has 0 radical (unpaired) electrons. The van der Waals surface area contributed by atoms with E-state index in [0.717, 1.165) is 30.3 Å². The normalized spacial score (nSPS) is 11.7. The van der Waals surface area contributed by atoms with Crippen molar-refractivity contribution in [2.45, 2.75) is 9.79 Å².